The predicted molar refractivity (Wildman–Crippen MR) is 39.9 cm³/mol. The molecule has 0 spiro atoms. The fraction of sp³-hybridized carbons (Fsp3) is 1.00. The Morgan fingerprint density at radius 3 is 3.10 bits per heavy atom. The third-order valence-corrected chi connectivity index (χ3v) is 2.79. The number of hydrogen-bond acceptors (Lipinski definition) is 2. The minimum absolute atomic E-state index is 0.588. The molecule has 1 N–H and O–H groups in total. The molecule has 2 aliphatic rings. The molecule has 1 saturated heterocycles. The molecule has 0 bridgehead atoms. The van der Waals surface area contributed by atoms with Gasteiger partial charge in [-0.15, -0.1) is 0 Å². The lowest BCUT2D eigenvalue weighted by atomic mass is 9.73. The van der Waals surface area contributed by atoms with E-state index in [9.17, 15) is 0 Å². The molecule has 1 aliphatic carbocycles. The molecular formula is C8H15NO. The molecule has 2 fully saturated rings. The van der Waals surface area contributed by atoms with Crippen molar-refractivity contribution in [3.8, 4) is 0 Å². The Kier molecular flexibility index (Phi) is 1.66. The normalized spacial score (nSPS) is 44.7. The number of ether oxygens (including phenoxy) is 1. The maximum absolute atomic E-state index is 5.55. The lowest BCUT2D eigenvalue weighted by molar-refractivity contribution is -0.0607. The Balaban J connectivity index is 1.83. The molecule has 1 heterocycles. The second-order valence-electron chi connectivity index (χ2n) is 3.31. The first-order chi connectivity index (χ1) is 4.92. The Hall–Kier alpha value is -0.0800. The van der Waals surface area contributed by atoms with E-state index >= 15 is 0 Å². The van der Waals surface area contributed by atoms with Crippen molar-refractivity contribution in [3.05, 3.63) is 0 Å². The predicted octanol–water partition coefficient (Wildman–Crippen LogP) is 0.631. The van der Waals surface area contributed by atoms with Gasteiger partial charge in [-0.2, -0.15) is 0 Å². The Morgan fingerprint density at radius 2 is 2.40 bits per heavy atom. The van der Waals surface area contributed by atoms with Crippen molar-refractivity contribution in [2.24, 2.45) is 11.8 Å². The zero-order valence-electron chi connectivity index (χ0n) is 6.47. The summed E-state index contributed by atoms with van der Waals surface area (Å²) in [6.07, 6.45) is 1.89. The first-order valence-electron chi connectivity index (χ1n) is 4.24. The quantitative estimate of drug-likeness (QED) is 0.609. The van der Waals surface area contributed by atoms with Crippen LogP contribution in [0.25, 0.3) is 0 Å². The molecule has 3 atom stereocenters. The molecule has 2 rings (SSSR count). The fourth-order valence-corrected chi connectivity index (χ4v) is 2.13. The average molecular weight is 141 g/mol. The van der Waals surface area contributed by atoms with Gasteiger partial charge in [0.15, 0.2) is 0 Å². The van der Waals surface area contributed by atoms with Crippen LogP contribution in [0.2, 0.25) is 0 Å². The minimum Gasteiger partial charge on any atom is -0.378 e. The Morgan fingerprint density at radius 1 is 1.50 bits per heavy atom. The molecule has 0 aromatic rings. The van der Waals surface area contributed by atoms with Gasteiger partial charge >= 0.3 is 0 Å². The summed E-state index contributed by atoms with van der Waals surface area (Å²) >= 11 is 0. The van der Waals surface area contributed by atoms with E-state index in [0.29, 0.717) is 6.10 Å². The fourth-order valence-electron chi connectivity index (χ4n) is 2.13. The summed E-state index contributed by atoms with van der Waals surface area (Å²) in [5.41, 5.74) is 0. The van der Waals surface area contributed by atoms with Gasteiger partial charge in [0.05, 0.1) is 6.10 Å². The topological polar surface area (TPSA) is 21.3 Å². The van der Waals surface area contributed by atoms with Crippen LogP contribution in [0.4, 0.5) is 0 Å². The largest absolute Gasteiger partial charge is 0.378 e. The maximum Gasteiger partial charge on any atom is 0.0621 e. The molecule has 1 saturated carbocycles. The summed E-state index contributed by atoms with van der Waals surface area (Å²) < 4.78 is 5.55. The number of hydrogen-bond donors (Lipinski definition) is 1. The van der Waals surface area contributed by atoms with Gasteiger partial charge in [0.25, 0.3) is 0 Å². The van der Waals surface area contributed by atoms with E-state index in [0.717, 1.165) is 18.4 Å². The van der Waals surface area contributed by atoms with Crippen LogP contribution in [0, 0.1) is 11.8 Å². The Bertz CT molecular complexity index is 126. The third kappa shape index (κ3) is 0.867. The number of fused-ring (bicyclic) bond motifs is 1. The van der Waals surface area contributed by atoms with Crippen LogP contribution in [0.5, 0.6) is 0 Å². The summed E-state index contributed by atoms with van der Waals surface area (Å²) in [6.45, 7) is 5.38. The first-order valence-corrected chi connectivity index (χ1v) is 4.24. The third-order valence-electron chi connectivity index (χ3n) is 2.79. The van der Waals surface area contributed by atoms with Crippen molar-refractivity contribution in [1.82, 2.24) is 5.32 Å². The summed E-state index contributed by atoms with van der Waals surface area (Å²) in [5, 5.41) is 3.39. The van der Waals surface area contributed by atoms with Crippen molar-refractivity contribution in [2.75, 3.05) is 19.7 Å². The van der Waals surface area contributed by atoms with Crippen molar-refractivity contribution >= 4 is 0 Å². The van der Waals surface area contributed by atoms with Crippen LogP contribution < -0.4 is 5.32 Å². The van der Waals surface area contributed by atoms with Gasteiger partial charge in [0.1, 0.15) is 0 Å². The van der Waals surface area contributed by atoms with Crippen molar-refractivity contribution in [3.63, 3.8) is 0 Å². The number of rotatable bonds is 2. The first kappa shape index (κ1) is 6.62. The van der Waals surface area contributed by atoms with Crippen molar-refractivity contribution in [2.45, 2.75) is 19.4 Å². The molecule has 10 heavy (non-hydrogen) atoms. The van der Waals surface area contributed by atoms with Crippen LogP contribution >= 0.6 is 0 Å². The van der Waals surface area contributed by atoms with Gasteiger partial charge in [-0.3, -0.25) is 0 Å². The monoisotopic (exact) mass is 141 g/mol. The van der Waals surface area contributed by atoms with Gasteiger partial charge in [-0.05, 0) is 25.8 Å². The van der Waals surface area contributed by atoms with Gasteiger partial charge in [-0.1, -0.05) is 0 Å². The molecule has 0 aromatic heterocycles. The van der Waals surface area contributed by atoms with Crippen LogP contribution in [0.1, 0.15) is 13.3 Å². The molecule has 0 amide bonds. The second-order valence-corrected chi connectivity index (χ2v) is 3.31. The van der Waals surface area contributed by atoms with Gasteiger partial charge < -0.3 is 10.1 Å². The van der Waals surface area contributed by atoms with Crippen molar-refractivity contribution < 1.29 is 4.74 Å². The molecule has 2 nitrogen and oxygen atoms in total. The average Bonchev–Trinajstić information content (AvgIpc) is 2.26. The van der Waals surface area contributed by atoms with E-state index in [1.165, 1.54) is 19.5 Å². The summed E-state index contributed by atoms with van der Waals surface area (Å²) in [7, 11) is 0. The van der Waals surface area contributed by atoms with Crippen LogP contribution in [0.3, 0.4) is 0 Å². The van der Waals surface area contributed by atoms with Gasteiger partial charge in [-0.25, -0.2) is 0 Å². The molecule has 2 heteroatoms. The summed E-state index contributed by atoms with van der Waals surface area (Å²) in [4.78, 5) is 0. The SMILES string of the molecule is CCOC1CC2CNCC21. The van der Waals surface area contributed by atoms with E-state index in [4.69, 9.17) is 4.74 Å². The van der Waals surface area contributed by atoms with E-state index < -0.39 is 0 Å². The molecule has 1 aliphatic heterocycles. The molecule has 58 valence electrons. The second kappa shape index (κ2) is 2.51. The standard InChI is InChI=1S/C8H15NO/c1-2-10-8-3-6-4-9-5-7(6)8/h6-9H,2-5H2,1H3. The highest BCUT2D eigenvalue weighted by Gasteiger charge is 2.44. The molecule has 0 radical (unpaired) electrons. The van der Waals surface area contributed by atoms with Crippen molar-refractivity contribution in [1.29, 1.82) is 0 Å². The number of nitrogens with one attached hydrogen (secondary N) is 1. The Labute approximate surface area is 61.9 Å². The lowest BCUT2D eigenvalue weighted by Crippen LogP contribution is -2.42. The van der Waals surface area contributed by atoms with Crippen LogP contribution in [-0.4, -0.2) is 25.8 Å². The van der Waals surface area contributed by atoms with E-state index in [2.05, 4.69) is 12.2 Å². The summed E-state index contributed by atoms with van der Waals surface area (Å²) in [6, 6.07) is 0. The van der Waals surface area contributed by atoms with E-state index in [-0.39, 0.29) is 0 Å². The minimum atomic E-state index is 0.588. The van der Waals surface area contributed by atoms with Crippen LogP contribution in [-0.2, 0) is 4.74 Å². The zero-order valence-corrected chi connectivity index (χ0v) is 6.47. The maximum atomic E-state index is 5.55. The van der Waals surface area contributed by atoms with E-state index in [1.54, 1.807) is 0 Å². The van der Waals surface area contributed by atoms with Gasteiger partial charge in [0, 0.05) is 19.1 Å². The summed E-state index contributed by atoms with van der Waals surface area (Å²) in [5.74, 6) is 1.79. The lowest BCUT2D eigenvalue weighted by Gasteiger charge is -2.38. The highest BCUT2D eigenvalue weighted by molar-refractivity contribution is 4.96. The zero-order chi connectivity index (χ0) is 6.97. The molecular weight excluding hydrogens is 126 g/mol. The van der Waals surface area contributed by atoms with E-state index in [1.807, 2.05) is 0 Å². The van der Waals surface area contributed by atoms with Crippen LogP contribution in [0.15, 0.2) is 0 Å². The molecule has 0 aromatic carbocycles. The smallest absolute Gasteiger partial charge is 0.0621 e. The highest BCUT2D eigenvalue weighted by atomic mass is 16.5. The molecule has 3 unspecified atom stereocenters. The highest BCUT2D eigenvalue weighted by Crippen LogP contribution is 2.39. The van der Waals surface area contributed by atoms with Gasteiger partial charge in [0.2, 0.25) is 0 Å².